The standard InChI is InChI=1S/C19H24N4O/c24-19(18-14-20-10-11-21-18)22-17-9-5-13-23(15-17)12-4-8-16-6-2-1-3-7-16/h1-3,6-7,10-11,14,17H,4-5,8-9,12-13,15H2,(H,22,24)/t17-/m0/s1. The molecule has 1 aromatic carbocycles. The first kappa shape index (κ1) is 16.6. The lowest BCUT2D eigenvalue weighted by Crippen LogP contribution is -2.48. The first-order chi connectivity index (χ1) is 11.8. The Labute approximate surface area is 143 Å². The average molecular weight is 324 g/mol. The number of hydrogen-bond donors (Lipinski definition) is 1. The summed E-state index contributed by atoms with van der Waals surface area (Å²) >= 11 is 0. The lowest BCUT2D eigenvalue weighted by Gasteiger charge is -2.33. The number of carbonyl (C=O) groups is 1. The largest absolute Gasteiger partial charge is 0.347 e. The Morgan fingerprint density at radius 2 is 2.12 bits per heavy atom. The quantitative estimate of drug-likeness (QED) is 0.886. The van der Waals surface area contributed by atoms with Crippen LogP contribution in [0.25, 0.3) is 0 Å². The number of carbonyl (C=O) groups excluding carboxylic acids is 1. The molecule has 1 saturated heterocycles. The summed E-state index contributed by atoms with van der Waals surface area (Å²) in [7, 11) is 0. The highest BCUT2D eigenvalue weighted by molar-refractivity contribution is 5.92. The number of aromatic nitrogens is 2. The van der Waals surface area contributed by atoms with Crippen LogP contribution in [0.2, 0.25) is 0 Å². The minimum absolute atomic E-state index is 0.126. The third-order valence-electron chi connectivity index (χ3n) is 4.42. The van der Waals surface area contributed by atoms with E-state index in [2.05, 4.69) is 50.5 Å². The van der Waals surface area contributed by atoms with Gasteiger partial charge in [0.15, 0.2) is 0 Å². The molecule has 1 atom stereocenters. The summed E-state index contributed by atoms with van der Waals surface area (Å²) in [6.07, 6.45) is 9.04. The van der Waals surface area contributed by atoms with Gasteiger partial charge in [-0.3, -0.25) is 9.78 Å². The maximum Gasteiger partial charge on any atom is 0.271 e. The summed E-state index contributed by atoms with van der Waals surface area (Å²) in [6, 6.07) is 10.8. The van der Waals surface area contributed by atoms with Crippen molar-refractivity contribution < 1.29 is 4.79 Å². The van der Waals surface area contributed by atoms with Crippen LogP contribution in [0.3, 0.4) is 0 Å². The van der Waals surface area contributed by atoms with Gasteiger partial charge < -0.3 is 10.2 Å². The highest BCUT2D eigenvalue weighted by atomic mass is 16.1. The average Bonchev–Trinajstić information content (AvgIpc) is 2.64. The van der Waals surface area contributed by atoms with E-state index in [-0.39, 0.29) is 11.9 Å². The topological polar surface area (TPSA) is 58.1 Å². The summed E-state index contributed by atoms with van der Waals surface area (Å²) in [5.41, 5.74) is 1.78. The van der Waals surface area contributed by atoms with Crippen molar-refractivity contribution in [2.24, 2.45) is 0 Å². The molecule has 1 N–H and O–H groups in total. The Morgan fingerprint density at radius 3 is 2.92 bits per heavy atom. The molecule has 1 aliphatic heterocycles. The molecule has 0 unspecified atom stereocenters. The van der Waals surface area contributed by atoms with Crippen molar-refractivity contribution in [2.45, 2.75) is 31.7 Å². The van der Waals surface area contributed by atoms with E-state index in [1.807, 2.05) is 0 Å². The summed E-state index contributed by atoms with van der Waals surface area (Å²) in [6.45, 7) is 3.11. The number of piperidine rings is 1. The fourth-order valence-corrected chi connectivity index (χ4v) is 3.20. The second-order valence-corrected chi connectivity index (χ2v) is 6.29. The van der Waals surface area contributed by atoms with Crippen molar-refractivity contribution in [3.05, 3.63) is 60.2 Å². The molecular formula is C19H24N4O. The van der Waals surface area contributed by atoms with Crippen LogP contribution in [0, 0.1) is 0 Å². The van der Waals surface area contributed by atoms with Gasteiger partial charge in [0, 0.05) is 25.0 Å². The molecule has 2 heterocycles. The third kappa shape index (κ3) is 4.86. The molecule has 0 spiro atoms. The van der Waals surface area contributed by atoms with Gasteiger partial charge >= 0.3 is 0 Å². The Kier molecular flexibility index (Phi) is 5.90. The van der Waals surface area contributed by atoms with Crippen LogP contribution in [0.4, 0.5) is 0 Å². The Bertz CT molecular complexity index is 632. The van der Waals surface area contributed by atoms with Crippen LogP contribution >= 0.6 is 0 Å². The van der Waals surface area contributed by atoms with E-state index in [4.69, 9.17) is 0 Å². The smallest absolute Gasteiger partial charge is 0.271 e. The van der Waals surface area contributed by atoms with Crippen LogP contribution in [-0.2, 0) is 6.42 Å². The molecule has 0 aliphatic carbocycles. The maximum absolute atomic E-state index is 12.2. The second kappa shape index (κ2) is 8.55. The Morgan fingerprint density at radius 1 is 1.25 bits per heavy atom. The number of rotatable bonds is 6. The van der Waals surface area contributed by atoms with Gasteiger partial charge in [0.05, 0.1) is 6.20 Å². The molecule has 3 rings (SSSR count). The number of hydrogen-bond acceptors (Lipinski definition) is 4. The molecule has 1 aromatic heterocycles. The molecule has 5 nitrogen and oxygen atoms in total. The van der Waals surface area contributed by atoms with E-state index in [1.54, 1.807) is 12.4 Å². The van der Waals surface area contributed by atoms with Gasteiger partial charge in [0.2, 0.25) is 0 Å². The first-order valence-corrected chi connectivity index (χ1v) is 8.64. The summed E-state index contributed by atoms with van der Waals surface area (Å²) in [5.74, 6) is -0.126. The number of nitrogens with one attached hydrogen (secondary N) is 1. The molecule has 24 heavy (non-hydrogen) atoms. The molecule has 1 fully saturated rings. The van der Waals surface area contributed by atoms with Crippen LogP contribution in [0.15, 0.2) is 48.9 Å². The van der Waals surface area contributed by atoms with Crippen LogP contribution in [0.1, 0.15) is 35.3 Å². The molecule has 0 saturated carbocycles. The highest BCUT2D eigenvalue weighted by Gasteiger charge is 2.21. The van der Waals surface area contributed by atoms with Crippen LogP contribution in [0.5, 0.6) is 0 Å². The lowest BCUT2D eigenvalue weighted by molar-refractivity contribution is 0.0898. The molecule has 1 amide bonds. The zero-order valence-electron chi connectivity index (χ0n) is 13.9. The van der Waals surface area contributed by atoms with Gasteiger partial charge in [0.1, 0.15) is 5.69 Å². The van der Waals surface area contributed by atoms with E-state index in [9.17, 15) is 4.79 Å². The van der Waals surface area contributed by atoms with Gasteiger partial charge in [-0.05, 0) is 44.3 Å². The first-order valence-electron chi connectivity index (χ1n) is 8.64. The number of likely N-dealkylation sites (tertiary alicyclic amines) is 1. The van der Waals surface area contributed by atoms with Crippen LogP contribution in [-0.4, -0.2) is 46.5 Å². The van der Waals surface area contributed by atoms with Crippen molar-refractivity contribution in [1.29, 1.82) is 0 Å². The number of nitrogens with zero attached hydrogens (tertiary/aromatic N) is 3. The lowest BCUT2D eigenvalue weighted by atomic mass is 10.0. The SMILES string of the molecule is O=C(N[C@H]1CCCN(CCCc2ccccc2)C1)c1cnccn1. The summed E-state index contributed by atoms with van der Waals surface area (Å²) in [4.78, 5) is 22.6. The highest BCUT2D eigenvalue weighted by Crippen LogP contribution is 2.12. The number of amides is 1. The fraction of sp³-hybridized carbons (Fsp3) is 0.421. The Hall–Kier alpha value is -2.27. The predicted molar refractivity (Wildman–Crippen MR) is 93.7 cm³/mol. The zero-order chi connectivity index (χ0) is 16.6. The molecule has 1 aliphatic rings. The van der Waals surface area contributed by atoms with E-state index in [0.29, 0.717) is 5.69 Å². The van der Waals surface area contributed by atoms with Crippen molar-refractivity contribution in [1.82, 2.24) is 20.2 Å². The van der Waals surface area contributed by atoms with Gasteiger partial charge in [-0.15, -0.1) is 0 Å². The van der Waals surface area contributed by atoms with Crippen molar-refractivity contribution in [3.63, 3.8) is 0 Å². The zero-order valence-corrected chi connectivity index (χ0v) is 13.9. The predicted octanol–water partition coefficient (Wildman–Crippen LogP) is 2.30. The molecule has 5 heteroatoms. The molecule has 0 bridgehead atoms. The minimum Gasteiger partial charge on any atom is -0.347 e. The fourth-order valence-electron chi connectivity index (χ4n) is 3.20. The van der Waals surface area contributed by atoms with Gasteiger partial charge in [-0.25, -0.2) is 4.98 Å². The summed E-state index contributed by atoms with van der Waals surface area (Å²) in [5, 5.41) is 3.09. The van der Waals surface area contributed by atoms with Gasteiger partial charge in [-0.2, -0.15) is 0 Å². The minimum atomic E-state index is -0.126. The van der Waals surface area contributed by atoms with Gasteiger partial charge in [0.25, 0.3) is 5.91 Å². The number of benzene rings is 1. The summed E-state index contributed by atoms with van der Waals surface area (Å²) < 4.78 is 0. The van der Waals surface area contributed by atoms with E-state index in [0.717, 1.165) is 45.3 Å². The molecule has 0 radical (unpaired) electrons. The third-order valence-corrected chi connectivity index (χ3v) is 4.42. The number of aryl methyl sites for hydroxylation is 1. The van der Waals surface area contributed by atoms with Crippen molar-refractivity contribution in [3.8, 4) is 0 Å². The molecular weight excluding hydrogens is 300 g/mol. The Balaban J connectivity index is 1.43. The molecule has 126 valence electrons. The second-order valence-electron chi connectivity index (χ2n) is 6.29. The van der Waals surface area contributed by atoms with E-state index < -0.39 is 0 Å². The van der Waals surface area contributed by atoms with Crippen LogP contribution < -0.4 is 5.32 Å². The maximum atomic E-state index is 12.2. The van der Waals surface area contributed by atoms with Crippen molar-refractivity contribution >= 4 is 5.91 Å². The van der Waals surface area contributed by atoms with Gasteiger partial charge in [-0.1, -0.05) is 30.3 Å². The van der Waals surface area contributed by atoms with E-state index >= 15 is 0 Å². The normalized spacial score (nSPS) is 18.2. The van der Waals surface area contributed by atoms with E-state index in [1.165, 1.54) is 11.8 Å². The molecule has 2 aromatic rings. The monoisotopic (exact) mass is 324 g/mol. The van der Waals surface area contributed by atoms with Crippen molar-refractivity contribution in [2.75, 3.05) is 19.6 Å².